The number of rotatable bonds is 6. The second-order valence-electron chi connectivity index (χ2n) is 7.91. The van der Waals surface area contributed by atoms with Gasteiger partial charge in [-0.3, -0.25) is 14.6 Å². The van der Waals surface area contributed by atoms with Crippen LogP contribution in [0, 0.1) is 11.3 Å². The molecule has 1 N–H and O–H groups in total. The van der Waals surface area contributed by atoms with Crippen LogP contribution >= 0.6 is 11.6 Å². The summed E-state index contributed by atoms with van der Waals surface area (Å²) in [6, 6.07) is 7.48. The Bertz CT molecular complexity index is 726. The van der Waals surface area contributed by atoms with Gasteiger partial charge < -0.3 is 10.1 Å². The molecule has 1 aromatic carbocycles. The van der Waals surface area contributed by atoms with Crippen LogP contribution in [0.25, 0.3) is 0 Å². The fourth-order valence-electron chi connectivity index (χ4n) is 4.28. The molecule has 2 saturated heterocycles. The molecule has 152 valence electrons. The molecule has 1 aromatic rings. The van der Waals surface area contributed by atoms with Crippen molar-refractivity contribution >= 4 is 23.2 Å². The van der Waals surface area contributed by atoms with Gasteiger partial charge in [-0.25, -0.2) is 0 Å². The fourth-order valence-corrected chi connectivity index (χ4v) is 4.50. The molecule has 0 radical (unpaired) electrons. The number of morpholine rings is 1. The van der Waals surface area contributed by atoms with Crippen molar-refractivity contribution in [3.8, 4) is 6.07 Å². The van der Waals surface area contributed by atoms with E-state index in [2.05, 4.69) is 29.0 Å². The van der Waals surface area contributed by atoms with Crippen LogP contribution in [0.15, 0.2) is 18.2 Å². The summed E-state index contributed by atoms with van der Waals surface area (Å²) in [7, 11) is 0. The van der Waals surface area contributed by atoms with Crippen molar-refractivity contribution in [1.82, 2.24) is 9.80 Å². The molecule has 1 amide bonds. The summed E-state index contributed by atoms with van der Waals surface area (Å²) in [5, 5.41) is 12.2. The van der Waals surface area contributed by atoms with Crippen LogP contribution in [-0.2, 0) is 9.53 Å². The lowest BCUT2D eigenvalue weighted by Gasteiger charge is -2.38. The minimum absolute atomic E-state index is 0.0277. The molecule has 2 aliphatic heterocycles. The molecule has 2 fully saturated rings. The van der Waals surface area contributed by atoms with Crippen molar-refractivity contribution in [1.29, 1.82) is 5.26 Å². The van der Waals surface area contributed by atoms with Gasteiger partial charge in [0.15, 0.2) is 0 Å². The van der Waals surface area contributed by atoms with Crippen molar-refractivity contribution in [3.05, 3.63) is 28.8 Å². The summed E-state index contributed by atoms with van der Waals surface area (Å²) < 4.78 is 5.83. The van der Waals surface area contributed by atoms with Crippen LogP contribution in [0.2, 0.25) is 5.02 Å². The SMILES string of the molecule is CC1CN(CC2CCCN2CCC(=O)Nc2ccc(C#N)c(Cl)c2)CC(C)O1. The van der Waals surface area contributed by atoms with E-state index >= 15 is 0 Å². The third-order valence-corrected chi connectivity index (χ3v) is 5.78. The number of amides is 1. The van der Waals surface area contributed by atoms with E-state index < -0.39 is 0 Å². The number of carbonyl (C=O) groups excluding carboxylic acids is 1. The molecule has 3 rings (SSSR count). The first-order valence-corrected chi connectivity index (χ1v) is 10.4. The van der Waals surface area contributed by atoms with E-state index in [-0.39, 0.29) is 18.1 Å². The van der Waals surface area contributed by atoms with Crippen LogP contribution in [0.1, 0.15) is 38.7 Å². The lowest BCUT2D eigenvalue weighted by Crippen LogP contribution is -2.50. The molecular formula is C21H29ClN4O2. The summed E-state index contributed by atoms with van der Waals surface area (Å²) >= 11 is 6.03. The highest BCUT2D eigenvalue weighted by Crippen LogP contribution is 2.22. The Balaban J connectivity index is 1.47. The van der Waals surface area contributed by atoms with Crippen molar-refractivity contribution in [2.75, 3.05) is 38.0 Å². The van der Waals surface area contributed by atoms with Gasteiger partial charge in [0.25, 0.3) is 0 Å². The maximum Gasteiger partial charge on any atom is 0.225 e. The van der Waals surface area contributed by atoms with Crippen LogP contribution in [-0.4, -0.2) is 66.7 Å². The normalized spacial score (nSPS) is 26.1. The van der Waals surface area contributed by atoms with Gasteiger partial charge in [-0.1, -0.05) is 11.6 Å². The number of halogens is 1. The van der Waals surface area contributed by atoms with Gasteiger partial charge in [-0.2, -0.15) is 5.26 Å². The molecule has 0 bridgehead atoms. The second kappa shape index (κ2) is 9.71. The fraction of sp³-hybridized carbons (Fsp3) is 0.619. The molecule has 2 aliphatic rings. The van der Waals surface area contributed by atoms with Crippen LogP contribution in [0.4, 0.5) is 5.69 Å². The van der Waals surface area contributed by atoms with Gasteiger partial charge in [-0.05, 0) is 51.4 Å². The molecule has 7 heteroatoms. The number of anilines is 1. The first-order chi connectivity index (χ1) is 13.4. The number of carbonyl (C=O) groups is 1. The van der Waals surface area contributed by atoms with E-state index in [0.29, 0.717) is 28.7 Å². The van der Waals surface area contributed by atoms with Crippen LogP contribution in [0.3, 0.4) is 0 Å². The Labute approximate surface area is 172 Å². The summed E-state index contributed by atoms with van der Waals surface area (Å²) in [6.45, 7) is 9.09. The number of nitrogens with zero attached hydrogens (tertiary/aromatic N) is 3. The molecule has 3 unspecified atom stereocenters. The Hall–Kier alpha value is -1.65. The maximum absolute atomic E-state index is 12.3. The second-order valence-corrected chi connectivity index (χ2v) is 8.32. The van der Waals surface area contributed by atoms with Gasteiger partial charge in [0.05, 0.1) is 22.8 Å². The minimum atomic E-state index is -0.0277. The number of hydrogen-bond donors (Lipinski definition) is 1. The van der Waals surface area contributed by atoms with E-state index in [0.717, 1.165) is 32.7 Å². The number of hydrogen-bond acceptors (Lipinski definition) is 5. The predicted octanol–water partition coefficient (Wildman–Crippen LogP) is 3.11. The first kappa shape index (κ1) is 21.1. The van der Waals surface area contributed by atoms with Gasteiger partial charge in [0, 0.05) is 44.3 Å². The van der Waals surface area contributed by atoms with Crippen molar-refractivity contribution in [3.63, 3.8) is 0 Å². The zero-order valence-corrected chi connectivity index (χ0v) is 17.4. The summed E-state index contributed by atoms with van der Waals surface area (Å²) in [5.74, 6) is -0.0277. The number of nitriles is 1. The van der Waals surface area contributed by atoms with Gasteiger partial charge in [0.1, 0.15) is 6.07 Å². The quantitative estimate of drug-likeness (QED) is 0.788. The minimum Gasteiger partial charge on any atom is -0.373 e. The number of ether oxygens (including phenoxy) is 1. The van der Waals surface area contributed by atoms with Crippen molar-refractivity contribution in [2.24, 2.45) is 0 Å². The average molecular weight is 405 g/mol. The Morgan fingerprint density at radius 3 is 2.79 bits per heavy atom. The monoisotopic (exact) mass is 404 g/mol. The van der Waals surface area contributed by atoms with Crippen LogP contribution in [0.5, 0.6) is 0 Å². The number of likely N-dealkylation sites (tertiary alicyclic amines) is 1. The molecule has 0 aromatic heterocycles. The standard InChI is InChI=1S/C21H29ClN4O2/c1-15-12-25(13-16(2)28-15)14-19-4-3-8-26(19)9-7-21(27)24-18-6-5-17(11-23)20(22)10-18/h5-6,10,15-16,19H,3-4,7-9,12-14H2,1-2H3,(H,24,27). The van der Waals surface area contributed by atoms with Crippen molar-refractivity contribution in [2.45, 2.75) is 51.4 Å². The number of benzene rings is 1. The van der Waals surface area contributed by atoms with E-state index in [1.165, 1.54) is 12.8 Å². The van der Waals surface area contributed by atoms with Gasteiger partial charge >= 0.3 is 0 Å². The zero-order chi connectivity index (χ0) is 20.1. The van der Waals surface area contributed by atoms with Gasteiger partial charge in [-0.15, -0.1) is 0 Å². The lowest BCUT2D eigenvalue weighted by molar-refractivity contribution is -0.116. The Kier molecular flexibility index (Phi) is 7.30. The van der Waals surface area contributed by atoms with E-state index in [9.17, 15) is 4.79 Å². The highest BCUT2D eigenvalue weighted by atomic mass is 35.5. The topological polar surface area (TPSA) is 68.6 Å². The largest absolute Gasteiger partial charge is 0.373 e. The highest BCUT2D eigenvalue weighted by Gasteiger charge is 2.29. The Morgan fingerprint density at radius 2 is 2.11 bits per heavy atom. The summed E-state index contributed by atoms with van der Waals surface area (Å²) in [6.07, 6.45) is 3.39. The van der Waals surface area contributed by atoms with E-state index in [1.54, 1.807) is 18.2 Å². The maximum atomic E-state index is 12.3. The predicted molar refractivity (Wildman–Crippen MR) is 110 cm³/mol. The third-order valence-electron chi connectivity index (χ3n) is 5.46. The average Bonchev–Trinajstić information content (AvgIpc) is 3.06. The van der Waals surface area contributed by atoms with E-state index in [1.807, 2.05) is 6.07 Å². The summed E-state index contributed by atoms with van der Waals surface area (Å²) in [4.78, 5) is 17.3. The molecule has 0 spiro atoms. The zero-order valence-electron chi connectivity index (χ0n) is 16.7. The number of nitrogens with one attached hydrogen (secondary N) is 1. The highest BCUT2D eigenvalue weighted by molar-refractivity contribution is 6.32. The first-order valence-electron chi connectivity index (χ1n) is 10.1. The summed E-state index contributed by atoms with van der Waals surface area (Å²) in [5.41, 5.74) is 1.04. The molecular weight excluding hydrogens is 376 g/mol. The van der Waals surface area contributed by atoms with E-state index in [4.69, 9.17) is 21.6 Å². The Morgan fingerprint density at radius 1 is 1.36 bits per heavy atom. The van der Waals surface area contributed by atoms with Gasteiger partial charge in [0.2, 0.25) is 5.91 Å². The lowest BCUT2D eigenvalue weighted by atomic mass is 10.1. The molecule has 28 heavy (non-hydrogen) atoms. The molecule has 0 saturated carbocycles. The third kappa shape index (κ3) is 5.68. The molecule has 3 atom stereocenters. The molecule has 0 aliphatic carbocycles. The van der Waals surface area contributed by atoms with Crippen LogP contribution < -0.4 is 5.32 Å². The smallest absolute Gasteiger partial charge is 0.225 e. The molecule has 6 nitrogen and oxygen atoms in total. The van der Waals surface area contributed by atoms with Crippen molar-refractivity contribution < 1.29 is 9.53 Å². The molecule has 2 heterocycles.